The Labute approximate surface area is 124 Å². The first-order chi connectivity index (χ1) is 9.42. The van der Waals surface area contributed by atoms with Crippen LogP contribution in [0.25, 0.3) is 0 Å². The molecule has 2 N–H and O–H groups in total. The first-order valence-corrected chi connectivity index (χ1v) is 9.10. The van der Waals surface area contributed by atoms with Crippen LogP contribution in [0.4, 0.5) is 0 Å². The summed E-state index contributed by atoms with van der Waals surface area (Å²) in [5.41, 5.74) is 0. The third-order valence-electron chi connectivity index (χ3n) is 3.77. The van der Waals surface area contributed by atoms with Gasteiger partial charge in [0.15, 0.2) is 0 Å². The highest BCUT2D eigenvalue weighted by Gasteiger charge is 2.23. The van der Waals surface area contributed by atoms with Crippen LogP contribution in [0.2, 0.25) is 0 Å². The number of piperidine rings is 1. The van der Waals surface area contributed by atoms with Crippen LogP contribution >= 0.6 is 11.3 Å². The molecule has 0 saturated carbocycles. The topological polar surface area (TPSA) is 69.6 Å². The second kappa shape index (κ2) is 6.53. The van der Waals surface area contributed by atoms with E-state index in [9.17, 15) is 8.42 Å². The number of nitrogens with zero attached hydrogens (tertiary/aromatic N) is 1. The molecule has 0 atom stereocenters. The fourth-order valence-corrected chi connectivity index (χ4v) is 5.05. The fraction of sp³-hybridized carbons (Fsp3) is 0.692. The van der Waals surface area contributed by atoms with E-state index < -0.39 is 10.0 Å². The molecule has 0 aromatic carbocycles. The average Bonchev–Trinajstić information content (AvgIpc) is 2.80. The summed E-state index contributed by atoms with van der Waals surface area (Å²) in [7, 11) is -1.37. The number of rotatable bonds is 5. The van der Waals surface area contributed by atoms with E-state index in [1.54, 1.807) is 13.0 Å². The molecule has 114 valence electrons. The van der Waals surface area contributed by atoms with Gasteiger partial charge in [-0.2, -0.15) is 0 Å². The zero-order valence-electron chi connectivity index (χ0n) is 11.9. The van der Waals surface area contributed by atoms with Gasteiger partial charge in [-0.15, -0.1) is 11.3 Å². The highest BCUT2D eigenvalue weighted by atomic mass is 32.2. The summed E-state index contributed by atoms with van der Waals surface area (Å²) in [6.45, 7) is 4.21. The van der Waals surface area contributed by atoms with Crippen molar-refractivity contribution in [3.05, 3.63) is 15.8 Å². The number of hydrogen-bond acceptors (Lipinski definition) is 5. The Hall–Kier alpha value is -0.470. The molecule has 2 heterocycles. The fourth-order valence-electron chi connectivity index (χ4n) is 2.44. The number of aliphatic hydroxyl groups excluding tert-OH is 1. The Bertz CT molecular complexity index is 546. The van der Waals surface area contributed by atoms with Crippen molar-refractivity contribution in [3.8, 4) is 0 Å². The molecule has 7 heteroatoms. The standard InChI is InChI=1S/C13H22N2O3S2/c1-10-13(7-12(9-16)19-10)20(17,18)14-8-11-3-5-15(2)6-4-11/h7,11,14,16H,3-6,8-9H2,1-2H3. The number of nitrogens with one attached hydrogen (secondary N) is 1. The summed E-state index contributed by atoms with van der Waals surface area (Å²) in [6, 6.07) is 1.57. The van der Waals surface area contributed by atoms with E-state index >= 15 is 0 Å². The van der Waals surface area contributed by atoms with Gasteiger partial charge in [-0.25, -0.2) is 13.1 Å². The SMILES string of the molecule is Cc1sc(CO)cc1S(=O)(=O)NCC1CCN(C)CC1. The van der Waals surface area contributed by atoms with Crippen LogP contribution in [-0.2, 0) is 16.6 Å². The lowest BCUT2D eigenvalue weighted by molar-refractivity contribution is 0.220. The monoisotopic (exact) mass is 318 g/mol. The van der Waals surface area contributed by atoms with Gasteiger partial charge in [0.1, 0.15) is 0 Å². The van der Waals surface area contributed by atoms with E-state index in [4.69, 9.17) is 5.11 Å². The highest BCUT2D eigenvalue weighted by Crippen LogP contribution is 2.26. The van der Waals surface area contributed by atoms with Gasteiger partial charge in [-0.1, -0.05) is 0 Å². The van der Waals surface area contributed by atoms with Crippen molar-refractivity contribution in [1.29, 1.82) is 0 Å². The normalized spacial score (nSPS) is 18.6. The third-order valence-corrected chi connectivity index (χ3v) is 6.48. The second-order valence-electron chi connectivity index (χ2n) is 5.39. The van der Waals surface area contributed by atoms with Crippen molar-refractivity contribution in [1.82, 2.24) is 9.62 Å². The van der Waals surface area contributed by atoms with Crippen molar-refractivity contribution >= 4 is 21.4 Å². The summed E-state index contributed by atoms with van der Waals surface area (Å²) in [5, 5.41) is 9.09. The zero-order chi connectivity index (χ0) is 14.8. The zero-order valence-corrected chi connectivity index (χ0v) is 13.6. The summed E-state index contributed by atoms with van der Waals surface area (Å²) < 4.78 is 27.3. The number of hydrogen-bond donors (Lipinski definition) is 2. The van der Waals surface area contributed by atoms with E-state index in [0.717, 1.165) is 30.8 Å². The van der Waals surface area contributed by atoms with Gasteiger partial charge in [0, 0.05) is 16.3 Å². The molecule has 2 rings (SSSR count). The maximum absolute atomic E-state index is 12.3. The first-order valence-electron chi connectivity index (χ1n) is 6.80. The minimum absolute atomic E-state index is 0.115. The molecule has 1 aliphatic heterocycles. The smallest absolute Gasteiger partial charge is 0.241 e. The summed E-state index contributed by atoms with van der Waals surface area (Å²) in [5.74, 6) is 0.414. The molecule has 1 aliphatic rings. The van der Waals surface area contributed by atoms with Crippen molar-refractivity contribution < 1.29 is 13.5 Å². The van der Waals surface area contributed by atoms with E-state index in [-0.39, 0.29) is 6.61 Å². The Kier molecular flexibility index (Phi) is 5.19. The van der Waals surface area contributed by atoms with Crippen molar-refractivity contribution in [2.45, 2.75) is 31.3 Å². The molecule has 20 heavy (non-hydrogen) atoms. The molecule has 0 aliphatic carbocycles. The molecular weight excluding hydrogens is 296 g/mol. The summed E-state index contributed by atoms with van der Waals surface area (Å²) in [6.07, 6.45) is 2.06. The van der Waals surface area contributed by atoms with Crippen molar-refractivity contribution in [3.63, 3.8) is 0 Å². The number of likely N-dealkylation sites (tertiary alicyclic amines) is 1. The van der Waals surface area contributed by atoms with Crippen LogP contribution in [0.3, 0.4) is 0 Å². The molecule has 5 nitrogen and oxygen atoms in total. The quantitative estimate of drug-likeness (QED) is 0.855. The Morgan fingerprint density at radius 1 is 1.45 bits per heavy atom. The molecule has 0 amide bonds. The van der Waals surface area contributed by atoms with Gasteiger partial charge in [-0.05, 0) is 51.9 Å². The van der Waals surface area contributed by atoms with Crippen LogP contribution < -0.4 is 4.72 Å². The summed E-state index contributed by atoms with van der Waals surface area (Å²) >= 11 is 1.33. The van der Waals surface area contributed by atoms with E-state index in [0.29, 0.717) is 22.2 Å². The Morgan fingerprint density at radius 2 is 2.10 bits per heavy atom. The molecule has 0 unspecified atom stereocenters. The van der Waals surface area contributed by atoms with Crippen LogP contribution in [0.15, 0.2) is 11.0 Å². The van der Waals surface area contributed by atoms with E-state index in [1.807, 2.05) is 0 Å². The van der Waals surface area contributed by atoms with Crippen molar-refractivity contribution in [2.75, 3.05) is 26.7 Å². The van der Waals surface area contributed by atoms with Gasteiger partial charge in [0.25, 0.3) is 0 Å². The van der Waals surface area contributed by atoms with Gasteiger partial charge in [0.05, 0.1) is 11.5 Å². The minimum atomic E-state index is -3.46. The number of aryl methyl sites for hydroxylation is 1. The molecule has 1 fully saturated rings. The lowest BCUT2D eigenvalue weighted by Crippen LogP contribution is -2.36. The van der Waals surface area contributed by atoms with Crippen molar-refractivity contribution in [2.24, 2.45) is 5.92 Å². The van der Waals surface area contributed by atoms with Gasteiger partial charge >= 0.3 is 0 Å². The molecular formula is C13H22N2O3S2. The number of aliphatic hydroxyl groups is 1. The number of sulfonamides is 1. The molecule has 1 aromatic heterocycles. The third kappa shape index (κ3) is 3.79. The largest absolute Gasteiger partial charge is 0.391 e. The molecule has 0 radical (unpaired) electrons. The van der Waals surface area contributed by atoms with Gasteiger partial charge in [0.2, 0.25) is 10.0 Å². The van der Waals surface area contributed by atoms with Crippen LogP contribution in [-0.4, -0.2) is 45.1 Å². The minimum Gasteiger partial charge on any atom is -0.391 e. The van der Waals surface area contributed by atoms with Crippen LogP contribution in [0.5, 0.6) is 0 Å². The maximum Gasteiger partial charge on any atom is 0.241 e. The Balaban J connectivity index is 1.98. The predicted molar refractivity (Wildman–Crippen MR) is 80.4 cm³/mol. The average molecular weight is 318 g/mol. The Morgan fingerprint density at radius 3 is 2.65 bits per heavy atom. The van der Waals surface area contributed by atoms with Gasteiger partial charge < -0.3 is 10.0 Å². The number of thiophene rings is 1. The molecule has 0 bridgehead atoms. The van der Waals surface area contributed by atoms with E-state index in [1.165, 1.54) is 11.3 Å². The predicted octanol–water partition coefficient (Wildman–Crippen LogP) is 1.17. The second-order valence-corrected chi connectivity index (χ2v) is 8.47. The highest BCUT2D eigenvalue weighted by molar-refractivity contribution is 7.89. The molecule has 0 spiro atoms. The van der Waals surface area contributed by atoms with Gasteiger partial charge in [-0.3, -0.25) is 0 Å². The molecule has 1 aromatic rings. The van der Waals surface area contributed by atoms with E-state index in [2.05, 4.69) is 16.7 Å². The van der Waals surface area contributed by atoms with Crippen LogP contribution in [0.1, 0.15) is 22.6 Å². The lowest BCUT2D eigenvalue weighted by atomic mass is 9.98. The molecule has 1 saturated heterocycles. The maximum atomic E-state index is 12.3. The summed E-state index contributed by atoms with van der Waals surface area (Å²) in [4.78, 5) is 3.98. The lowest BCUT2D eigenvalue weighted by Gasteiger charge is -2.28. The van der Waals surface area contributed by atoms with Crippen LogP contribution in [0, 0.1) is 12.8 Å². The first kappa shape index (κ1) is 15.9.